The molecule has 0 radical (unpaired) electrons. The highest BCUT2D eigenvalue weighted by atomic mass is 16.6. The Morgan fingerprint density at radius 2 is 1.86 bits per heavy atom. The summed E-state index contributed by atoms with van der Waals surface area (Å²) in [5, 5.41) is 9.07. The zero-order valence-corrected chi connectivity index (χ0v) is 8.71. The van der Waals surface area contributed by atoms with E-state index in [-0.39, 0.29) is 18.3 Å². The molecule has 1 aliphatic heterocycles. The summed E-state index contributed by atoms with van der Waals surface area (Å²) in [5.41, 5.74) is -0.0673. The summed E-state index contributed by atoms with van der Waals surface area (Å²) < 4.78 is 11.5. The minimum absolute atomic E-state index is 0.0673. The number of rotatable bonds is 1. The summed E-state index contributed by atoms with van der Waals surface area (Å²) >= 11 is 0. The molecule has 1 spiro atoms. The summed E-state index contributed by atoms with van der Waals surface area (Å²) in [4.78, 5) is 0. The summed E-state index contributed by atoms with van der Waals surface area (Å²) in [6.45, 7) is 1.36. The van der Waals surface area contributed by atoms with Gasteiger partial charge < -0.3 is 14.6 Å². The second-order valence-corrected chi connectivity index (χ2v) is 4.53. The van der Waals surface area contributed by atoms with Crippen LogP contribution in [-0.4, -0.2) is 36.6 Å². The second kappa shape index (κ2) is 4.60. The van der Waals surface area contributed by atoms with Gasteiger partial charge in [0.25, 0.3) is 0 Å². The van der Waals surface area contributed by atoms with Gasteiger partial charge in [-0.05, 0) is 12.8 Å². The van der Waals surface area contributed by atoms with Crippen LogP contribution in [0.15, 0.2) is 0 Å². The van der Waals surface area contributed by atoms with Crippen LogP contribution < -0.4 is 0 Å². The monoisotopic (exact) mass is 200 g/mol. The van der Waals surface area contributed by atoms with Gasteiger partial charge in [-0.1, -0.05) is 25.7 Å². The lowest BCUT2D eigenvalue weighted by Crippen LogP contribution is -2.48. The fourth-order valence-corrected chi connectivity index (χ4v) is 2.52. The molecular formula is C11H20O3. The Morgan fingerprint density at radius 1 is 1.14 bits per heavy atom. The average molecular weight is 200 g/mol. The molecule has 1 saturated heterocycles. The third-order valence-electron chi connectivity index (χ3n) is 3.30. The van der Waals surface area contributed by atoms with E-state index in [9.17, 15) is 0 Å². The molecule has 3 heteroatoms. The van der Waals surface area contributed by atoms with Crippen molar-refractivity contribution in [3.05, 3.63) is 0 Å². The van der Waals surface area contributed by atoms with Crippen LogP contribution in [0.4, 0.5) is 0 Å². The molecule has 0 aromatic carbocycles. The van der Waals surface area contributed by atoms with E-state index in [2.05, 4.69) is 0 Å². The van der Waals surface area contributed by atoms with Crippen molar-refractivity contribution in [1.82, 2.24) is 0 Å². The van der Waals surface area contributed by atoms with Gasteiger partial charge >= 0.3 is 0 Å². The number of ether oxygens (including phenoxy) is 2. The Bertz CT molecular complexity index is 173. The lowest BCUT2D eigenvalue weighted by molar-refractivity contribution is -0.212. The molecule has 1 aliphatic carbocycles. The Kier molecular flexibility index (Phi) is 3.42. The van der Waals surface area contributed by atoms with Gasteiger partial charge in [-0.15, -0.1) is 0 Å². The van der Waals surface area contributed by atoms with E-state index in [4.69, 9.17) is 14.6 Å². The Labute approximate surface area is 85.4 Å². The van der Waals surface area contributed by atoms with Gasteiger partial charge in [-0.3, -0.25) is 0 Å². The van der Waals surface area contributed by atoms with Gasteiger partial charge in [0, 0.05) is 0 Å². The molecule has 1 atom stereocenters. The van der Waals surface area contributed by atoms with Crippen molar-refractivity contribution in [1.29, 1.82) is 0 Å². The molecule has 3 nitrogen and oxygen atoms in total. The maximum absolute atomic E-state index is 9.07. The largest absolute Gasteiger partial charge is 0.394 e. The van der Waals surface area contributed by atoms with Gasteiger partial charge in [-0.2, -0.15) is 0 Å². The van der Waals surface area contributed by atoms with Crippen LogP contribution in [-0.2, 0) is 9.47 Å². The van der Waals surface area contributed by atoms with Crippen LogP contribution in [0.2, 0.25) is 0 Å². The van der Waals surface area contributed by atoms with E-state index in [0.29, 0.717) is 6.61 Å². The lowest BCUT2D eigenvalue weighted by Gasteiger charge is -2.40. The van der Waals surface area contributed by atoms with E-state index < -0.39 is 0 Å². The van der Waals surface area contributed by atoms with E-state index >= 15 is 0 Å². The smallest absolute Gasteiger partial charge is 0.105 e. The van der Waals surface area contributed by atoms with Gasteiger partial charge in [0.15, 0.2) is 0 Å². The molecule has 14 heavy (non-hydrogen) atoms. The first kappa shape index (κ1) is 10.4. The average Bonchev–Trinajstić information content (AvgIpc) is 2.44. The molecule has 0 amide bonds. The number of aliphatic hydroxyl groups is 1. The standard InChI is InChI=1S/C11H20O3/c12-7-10-8-13-9-11(14-10)5-3-1-2-4-6-11/h10,12H,1-9H2. The highest BCUT2D eigenvalue weighted by molar-refractivity contribution is 4.87. The molecule has 1 heterocycles. The number of aliphatic hydroxyl groups excluding tert-OH is 1. The summed E-state index contributed by atoms with van der Waals surface area (Å²) in [6, 6.07) is 0. The van der Waals surface area contributed by atoms with E-state index in [1.807, 2.05) is 0 Å². The topological polar surface area (TPSA) is 38.7 Å². The zero-order valence-electron chi connectivity index (χ0n) is 8.71. The minimum Gasteiger partial charge on any atom is -0.394 e. The van der Waals surface area contributed by atoms with Crippen LogP contribution >= 0.6 is 0 Å². The quantitative estimate of drug-likeness (QED) is 0.697. The molecular weight excluding hydrogens is 180 g/mol. The maximum atomic E-state index is 9.07. The van der Waals surface area contributed by atoms with Crippen molar-refractivity contribution in [2.24, 2.45) is 0 Å². The molecule has 0 aromatic rings. The molecule has 82 valence electrons. The number of hydrogen-bond donors (Lipinski definition) is 1. The maximum Gasteiger partial charge on any atom is 0.105 e. The first-order valence-corrected chi connectivity index (χ1v) is 5.71. The molecule has 1 N–H and O–H groups in total. The third-order valence-corrected chi connectivity index (χ3v) is 3.30. The van der Waals surface area contributed by atoms with Crippen molar-refractivity contribution >= 4 is 0 Å². The lowest BCUT2D eigenvalue weighted by atomic mass is 9.94. The first-order valence-electron chi connectivity index (χ1n) is 5.71. The second-order valence-electron chi connectivity index (χ2n) is 4.53. The predicted molar refractivity (Wildman–Crippen MR) is 53.2 cm³/mol. The molecule has 0 aromatic heterocycles. The molecule has 0 bridgehead atoms. The molecule has 2 rings (SSSR count). The van der Waals surface area contributed by atoms with E-state index in [1.165, 1.54) is 25.7 Å². The van der Waals surface area contributed by atoms with Crippen LogP contribution in [0.3, 0.4) is 0 Å². The van der Waals surface area contributed by atoms with E-state index in [1.54, 1.807) is 0 Å². The summed E-state index contributed by atoms with van der Waals surface area (Å²) in [7, 11) is 0. The van der Waals surface area contributed by atoms with E-state index in [0.717, 1.165) is 19.4 Å². The van der Waals surface area contributed by atoms with Crippen LogP contribution in [0.25, 0.3) is 0 Å². The Morgan fingerprint density at radius 3 is 2.50 bits per heavy atom. The van der Waals surface area contributed by atoms with Crippen molar-refractivity contribution in [2.45, 2.75) is 50.2 Å². The highest BCUT2D eigenvalue weighted by Crippen LogP contribution is 2.34. The molecule has 2 aliphatic rings. The summed E-state index contributed by atoms with van der Waals surface area (Å²) in [5.74, 6) is 0. The highest BCUT2D eigenvalue weighted by Gasteiger charge is 2.37. The van der Waals surface area contributed by atoms with Crippen molar-refractivity contribution in [3.63, 3.8) is 0 Å². The van der Waals surface area contributed by atoms with Crippen molar-refractivity contribution < 1.29 is 14.6 Å². The normalized spacial score (nSPS) is 32.8. The van der Waals surface area contributed by atoms with Crippen LogP contribution in [0.5, 0.6) is 0 Å². The fraction of sp³-hybridized carbons (Fsp3) is 1.00. The van der Waals surface area contributed by atoms with Gasteiger partial charge in [-0.25, -0.2) is 0 Å². The van der Waals surface area contributed by atoms with Crippen LogP contribution in [0, 0.1) is 0 Å². The number of hydrogen-bond acceptors (Lipinski definition) is 3. The predicted octanol–water partition coefficient (Wildman–Crippen LogP) is 1.49. The van der Waals surface area contributed by atoms with Gasteiger partial charge in [0.1, 0.15) is 6.10 Å². The Hall–Kier alpha value is -0.120. The molecule has 1 unspecified atom stereocenters. The Balaban J connectivity index is 1.97. The third kappa shape index (κ3) is 2.27. The van der Waals surface area contributed by atoms with Crippen LogP contribution in [0.1, 0.15) is 38.5 Å². The van der Waals surface area contributed by atoms with Gasteiger partial charge in [0.05, 0.1) is 25.4 Å². The molecule has 1 saturated carbocycles. The minimum atomic E-state index is -0.0955. The van der Waals surface area contributed by atoms with Crippen molar-refractivity contribution in [3.8, 4) is 0 Å². The fourth-order valence-electron chi connectivity index (χ4n) is 2.52. The van der Waals surface area contributed by atoms with Gasteiger partial charge in [0.2, 0.25) is 0 Å². The SMILES string of the molecule is OCC1COCC2(CCCCCC2)O1. The van der Waals surface area contributed by atoms with Crippen molar-refractivity contribution in [2.75, 3.05) is 19.8 Å². The zero-order chi connectivity index (χ0) is 9.86. The summed E-state index contributed by atoms with van der Waals surface area (Å²) in [6.07, 6.45) is 7.21. The molecule has 2 fully saturated rings. The first-order chi connectivity index (χ1) is 6.85.